The van der Waals surface area contributed by atoms with Gasteiger partial charge in [0, 0.05) is 23.8 Å². The van der Waals surface area contributed by atoms with Gasteiger partial charge in [-0.2, -0.15) is 0 Å². The minimum Gasteiger partial charge on any atom is -0.400 e. The Morgan fingerprint density at radius 1 is 1.24 bits per heavy atom. The summed E-state index contributed by atoms with van der Waals surface area (Å²) >= 11 is 1.11. The van der Waals surface area contributed by atoms with Crippen LogP contribution in [0.4, 0.5) is 4.39 Å². The molecule has 0 spiro atoms. The van der Waals surface area contributed by atoms with Gasteiger partial charge in [0.05, 0.1) is 11.2 Å². The Labute approximate surface area is 152 Å². The maximum Gasteiger partial charge on any atom is 0.491 e. The fraction of sp³-hybridized carbons (Fsp3) is 0.444. The van der Waals surface area contributed by atoms with Gasteiger partial charge in [0.2, 0.25) is 0 Å². The second-order valence-electron chi connectivity index (χ2n) is 6.99. The van der Waals surface area contributed by atoms with Crippen LogP contribution in [0, 0.1) is 5.82 Å². The van der Waals surface area contributed by atoms with E-state index in [2.05, 4.69) is 0 Å². The molecule has 0 aromatic heterocycles. The number of halogens is 1. The molecule has 0 atom stereocenters. The Bertz CT molecular complexity index is 699. The number of rotatable bonds is 5. The van der Waals surface area contributed by atoms with Crippen LogP contribution in [-0.4, -0.2) is 35.5 Å². The summed E-state index contributed by atoms with van der Waals surface area (Å²) in [6.45, 7) is 9.21. The van der Waals surface area contributed by atoms with E-state index in [9.17, 15) is 14.0 Å². The van der Waals surface area contributed by atoms with Crippen LogP contribution in [0.1, 0.15) is 50.5 Å². The van der Waals surface area contributed by atoms with Crippen LogP contribution in [0.3, 0.4) is 0 Å². The third-order valence-electron chi connectivity index (χ3n) is 4.50. The van der Waals surface area contributed by atoms with Crippen LogP contribution in [0.5, 0.6) is 0 Å². The molecule has 2 rings (SSSR count). The molecular weight excluding hydrogens is 342 g/mol. The van der Waals surface area contributed by atoms with E-state index in [1.54, 1.807) is 12.1 Å². The zero-order chi connectivity index (χ0) is 18.8. The predicted octanol–water partition coefficient (Wildman–Crippen LogP) is 3.93. The molecule has 0 bridgehead atoms. The molecule has 7 heteroatoms. The van der Waals surface area contributed by atoms with Gasteiger partial charge in [-0.25, -0.2) is 4.39 Å². The van der Waals surface area contributed by atoms with E-state index in [1.165, 1.54) is 19.1 Å². The summed E-state index contributed by atoms with van der Waals surface area (Å²) in [5.74, 6) is -0.174. The molecule has 0 amide bonds. The zero-order valence-electron chi connectivity index (χ0n) is 15.1. The van der Waals surface area contributed by atoms with Gasteiger partial charge < -0.3 is 9.31 Å². The Hall–Kier alpha value is -1.44. The number of hydrogen-bond donors (Lipinski definition) is 0. The topological polar surface area (TPSA) is 52.6 Å². The van der Waals surface area contributed by atoms with Gasteiger partial charge in [0.15, 0.2) is 5.12 Å². The lowest BCUT2D eigenvalue weighted by Gasteiger charge is -2.32. The van der Waals surface area contributed by atoms with E-state index in [0.29, 0.717) is 23.1 Å². The molecule has 0 aliphatic carbocycles. The second kappa shape index (κ2) is 7.44. The molecular formula is C18H22BFO4S. The lowest BCUT2D eigenvalue weighted by molar-refractivity contribution is -0.109. The van der Waals surface area contributed by atoms with Gasteiger partial charge in [-0.15, -0.1) is 0 Å². The Morgan fingerprint density at radius 3 is 2.32 bits per heavy atom. The quantitative estimate of drug-likeness (QED) is 0.585. The number of hydrogen-bond acceptors (Lipinski definition) is 5. The number of carbonyl (C=O) groups excluding carboxylic acids is 2. The van der Waals surface area contributed by atoms with Gasteiger partial charge >= 0.3 is 7.12 Å². The first-order valence-corrected chi connectivity index (χ1v) is 8.98. The average molecular weight is 364 g/mol. The van der Waals surface area contributed by atoms with E-state index < -0.39 is 24.1 Å². The first-order valence-electron chi connectivity index (χ1n) is 8.00. The Balaban J connectivity index is 2.36. The third-order valence-corrected chi connectivity index (χ3v) is 5.38. The molecule has 1 saturated heterocycles. The molecule has 25 heavy (non-hydrogen) atoms. The highest BCUT2D eigenvalue weighted by Crippen LogP contribution is 2.39. The lowest BCUT2D eigenvalue weighted by atomic mass is 9.78. The summed E-state index contributed by atoms with van der Waals surface area (Å²) in [6.07, 6.45) is 2.22. The van der Waals surface area contributed by atoms with Gasteiger partial charge in [-0.3, -0.25) is 9.59 Å². The van der Waals surface area contributed by atoms with Gasteiger partial charge in [-0.05, 0) is 39.2 Å². The zero-order valence-corrected chi connectivity index (χ0v) is 15.9. The Kier molecular flexibility index (Phi) is 5.91. The van der Waals surface area contributed by atoms with Crippen molar-refractivity contribution in [3.05, 3.63) is 40.6 Å². The first kappa shape index (κ1) is 19.9. The van der Waals surface area contributed by atoms with Gasteiger partial charge in [-0.1, -0.05) is 30.0 Å². The van der Waals surface area contributed by atoms with Crippen molar-refractivity contribution in [3.63, 3.8) is 0 Å². The SMILES string of the molecule is CC(=O)SCC(=Cc1ccc(C=O)cc1F)B1OC(C)(C)C(C)(C)O1. The van der Waals surface area contributed by atoms with Crippen molar-refractivity contribution in [2.75, 3.05) is 5.75 Å². The summed E-state index contributed by atoms with van der Waals surface area (Å²) in [6, 6.07) is 4.25. The highest BCUT2D eigenvalue weighted by molar-refractivity contribution is 8.13. The lowest BCUT2D eigenvalue weighted by Crippen LogP contribution is -2.41. The molecule has 134 valence electrons. The fourth-order valence-corrected chi connectivity index (χ4v) is 2.88. The molecule has 1 aliphatic rings. The molecule has 4 nitrogen and oxygen atoms in total. The van der Waals surface area contributed by atoms with E-state index in [0.717, 1.165) is 11.8 Å². The van der Waals surface area contributed by atoms with Crippen LogP contribution in [0.2, 0.25) is 0 Å². The Morgan fingerprint density at radius 2 is 1.84 bits per heavy atom. The molecule has 0 saturated carbocycles. The average Bonchev–Trinajstić information content (AvgIpc) is 2.72. The van der Waals surface area contributed by atoms with Crippen LogP contribution >= 0.6 is 11.8 Å². The first-order chi connectivity index (χ1) is 11.6. The predicted molar refractivity (Wildman–Crippen MR) is 99.0 cm³/mol. The van der Waals surface area contributed by atoms with Crippen LogP contribution in [-0.2, 0) is 14.1 Å². The highest BCUT2D eigenvalue weighted by Gasteiger charge is 2.52. The number of benzene rings is 1. The van der Waals surface area contributed by atoms with Crippen molar-refractivity contribution < 1.29 is 23.3 Å². The summed E-state index contributed by atoms with van der Waals surface area (Å²) in [7, 11) is -0.665. The van der Waals surface area contributed by atoms with Crippen molar-refractivity contribution >= 4 is 36.4 Å². The van der Waals surface area contributed by atoms with Crippen LogP contribution < -0.4 is 0 Å². The molecule has 1 aromatic rings. The van der Waals surface area contributed by atoms with Crippen LogP contribution in [0.15, 0.2) is 23.7 Å². The molecule has 1 heterocycles. The van der Waals surface area contributed by atoms with Crippen molar-refractivity contribution in [3.8, 4) is 0 Å². The van der Waals surface area contributed by atoms with Crippen molar-refractivity contribution in [2.45, 2.75) is 45.8 Å². The minimum atomic E-state index is -0.665. The minimum absolute atomic E-state index is 0.0424. The summed E-state index contributed by atoms with van der Waals surface area (Å²) < 4.78 is 26.3. The second-order valence-corrected chi connectivity index (χ2v) is 8.14. The largest absolute Gasteiger partial charge is 0.491 e. The molecule has 0 unspecified atom stereocenters. The van der Waals surface area contributed by atoms with E-state index in [1.807, 2.05) is 27.7 Å². The molecule has 1 fully saturated rings. The maximum atomic E-state index is 14.2. The summed E-state index contributed by atoms with van der Waals surface area (Å²) in [5, 5.41) is -0.0424. The monoisotopic (exact) mass is 364 g/mol. The summed E-state index contributed by atoms with van der Waals surface area (Å²) in [4.78, 5) is 22.1. The fourth-order valence-electron chi connectivity index (χ4n) is 2.29. The third kappa shape index (κ3) is 4.60. The van der Waals surface area contributed by atoms with E-state index in [-0.39, 0.29) is 10.7 Å². The standard InChI is InChI=1S/C18H22BFO4S/c1-12(22)25-11-15(19-23-17(2,3)18(4,5)24-19)9-14-7-6-13(10-21)8-16(14)20/h6-10H,11H2,1-5H3. The van der Waals surface area contributed by atoms with Crippen molar-refractivity contribution in [1.82, 2.24) is 0 Å². The smallest absolute Gasteiger partial charge is 0.400 e. The van der Waals surface area contributed by atoms with E-state index >= 15 is 0 Å². The molecule has 1 aliphatic heterocycles. The number of thioether (sulfide) groups is 1. The molecule has 1 aromatic carbocycles. The van der Waals surface area contributed by atoms with Crippen molar-refractivity contribution in [1.29, 1.82) is 0 Å². The number of aldehydes is 1. The molecule has 0 N–H and O–H groups in total. The normalized spacial score (nSPS) is 19.1. The van der Waals surface area contributed by atoms with Gasteiger partial charge in [0.25, 0.3) is 0 Å². The summed E-state index contributed by atoms with van der Waals surface area (Å²) in [5.41, 5.74) is 0.191. The van der Waals surface area contributed by atoms with Gasteiger partial charge in [0.1, 0.15) is 12.1 Å². The highest BCUT2D eigenvalue weighted by atomic mass is 32.2. The van der Waals surface area contributed by atoms with Crippen LogP contribution in [0.25, 0.3) is 6.08 Å². The van der Waals surface area contributed by atoms with E-state index in [4.69, 9.17) is 9.31 Å². The van der Waals surface area contributed by atoms with Crippen molar-refractivity contribution in [2.24, 2.45) is 0 Å². The number of carbonyl (C=O) groups is 2. The maximum absolute atomic E-state index is 14.2. The molecule has 0 radical (unpaired) electrons.